The average Bonchev–Trinajstić information content (AvgIpc) is 2.08. The molecule has 0 fully saturated rings. The van der Waals surface area contributed by atoms with Crippen molar-refractivity contribution >= 4 is 38.3 Å². The summed E-state index contributed by atoms with van der Waals surface area (Å²) in [7, 11) is -0.943. The number of nitrogens with two attached hydrogens (primary N) is 1. The van der Waals surface area contributed by atoms with E-state index in [4.69, 9.17) is 17.3 Å². The van der Waals surface area contributed by atoms with E-state index in [1.165, 1.54) is 0 Å². The van der Waals surface area contributed by atoms with Crippen LogP contribution < -0.4 is 5.73 Å². The van der Waals surface area contributed by atoms with E-state index in [1.54, 1.807) is 6.07 Å². The first kappa shape index (κ1) is 13.2. The molecule has 0 spiro atoms. The molecular formula is C10H13BrClNOS. The molecular weight excluding hydrogens is 298 g/mol. The molecule has 0 heterocycles. The molecule has 2 N–H and O–H groups in total. The monoisotopic (exact) mass is 309 g/mol. The molecule has 2 nitrogen and oxygen atoms in total. The molecule has 5 heteroatoms. The van der Waals surface area contributed by atoms with Crippen LogP contribution in [0.15, 0.2) is 22.7 Å². The lowest BCUT2D eigenvalue weighted by atomic mass is 10.2. The maximum atomic E-state index is 11.6. The minimum Gasteiger partial charge on any atom is -0.327 e. The molecule has 0 aliphatic carbocycles. The van der Waals surface area contributed by atoms with Gasteiger partial charge in [-0.3, -0.25) is 4.21 Å². The molecule has 0 aromatic heterocycles. The SMILES string of the molecule is CC(N)CS(=O)Cc1ccc(Br)cc1Cl. The Labute approximate surface area is 106 Å². The number of halogens is 2. The number of rotatable bonds is 4. The quantitative estimate of drug-likeness (QED) is 0.929. The Hall–Kier alpha value is 0.1000. The van der Waals surface area contributed by atoms with Crippen molar-refractivity contribution in [3.63, 3.8) is 0 Å². The Morgan fingerprint density at radius 3 is 2.80 bits per heavy atom. The van der Waals surface area contributed by atoms with Gasteiger partial charge in [-0.1, -0.05) is 33.6 Å². The van der Waals surface area contributed by atoms with Crippen molar-refractivity contribution in [1.29, 1.82) is 0 Å². The predicted molar refractivity (Wildman–Crippen MR) is 69.5 cm³/mol. The smallest absolute Gasteiger partial charge is 0.0501 e. The van der Waals surface area contributed by atoms with Gasteiger partial charge in [0, 0.05) is 32.1 Å². The van der Waals surface area contributed by atoms with Gasteiger partial charge in [-0.2, -0.15) is 0 Å². The van der Waals surface area contributed by atoms with Crippen molar-refractivity contribution in [2.75, 3.05) is 5.75 Å². The van der Waals surface area contributed by atoms with Crippen LogP contribution in [0.1, 0.15) is 12.5 Å². The van der Waals surface area contributed by atoms with Crippen LogP contribution in [0, 0.1) is 0 Å². The van der Waals surface area contributed by atoms with E-state index in [1.807, 2.05) is 19.1 Å². The summed E-state index contributed by atoms with van der Waals surface area (Å²) in [6.07, 6.45) is 0. The first-order chi connectivity index (χ1) is 6.99. The van der Waals surface area contributed by atoms with E-state index in [-0.39, 0.29) is 6.04 Å². The summed E-state index contributed by atoms with van der Waals surface area (Å²) >= 11 is 9.34. The molecule has 0 radical (unpaired) electrons. The number of benzene rings is 1. The second-order valence-electron chi connectivity index (χ2n) is 3.46. The minimum atomic E-state index is -0.943. The van der Waals surface area contributed by atoms with E-state index in [0.29, 0.717) is 16.5 Å². The minimum absolute atomic E-state index is 0.0416. The molecule has 0 saturated carbocycles. The lowest BCUT2D eigenvalue weighted by Crippen LogP contribution is -2.23. The lowest BCUT2D eigenvalue weighted by molar-refractivity contribution is 0.676. The van der Waals surface area contributed by atoms with E-state index in [2.05, 4.69) is 15.9 Å². The zero-order valence-electron chi connectivity index (χ0n) is 8.37. The summed E-state index contributed by atoms with van der Waals surface area (Å²) in [5.74, 6) is 0.972. The van der Waals surface area contributed by atoms with Crippen molar-refractivity contribution in [2.24, 2.45) is 5.73 Å². The Kier molecular flexibility index (Phi) is 5.26. The van der Waals surface area contributed by atoms with Crippen molar-refractivity contribution in [1.82, 2.24) is 0 Å². The third kappa shape index (κ3) is 4.64. The highest BCUT2D eigenvalue weighted by Crippen LogP contribution is 2.22. The van der Waals surface area contributed by atoms with E-state index in [0.717, 1.165) is 10.0 Å². The van der Waals surface area contributed by atoms with Gasteiger partial charge in [0.1, 0.15) is 0 Å². The van der Waals surface area contributed by atoms with Gasteiger partial charge in [0.2, 0.25) is 0 Å². The second kappa shape index (κ2) is 5.99. The maximum absolute atomic E-state index is 11.6. The van der Waals surface area contributed by atoms with Gasteiger partial charge in [0.15, 0.2) is 0 Å². The van der Waals surface area contributed by atoms with E-state index in [9.17, 15) is 4.21 Å². The summed E-state index contributed by atoms with van der Waals surface area (Å²) in [6.45, 7) is 1.85. The van der Waals surface area contributed by atoms with Crippen LogP contribution in [0.2, 0.25) is 5.02 Å². The van der Waals surface area contributed by atoms with Crippen molar-refractivity contribution in [3.05, 3.63) is 33.3 Å². The van der Waals surface area contributed by atoms with Gasteiger partial charge < -0.3 is 5.73 Å². The molecule has 1 rings (SSSR count). The van der Waals surface area contributed by atoms with Gasteiger partial charge in [-0.15, -0.1) is 0 Å². The molecule has 84 valence electrons. The van der Waals surface area contributed by atoms with Crippen molar-refractivity contribution in [3.8, 4) is 0 Å². The number of hydrogen-bond acceptors (Lipinski definition) is 2. The first-order valence-corrected chi connectivity index (χ1v) is 7.19. The summed E-state index contributed by atoms with van der Waals surface area (Å²) in [5.41, 5.74) is 6.48. The Morgan fingerprint density at radius 1 is 1.60 bits per heavy atom. The molecule has 1 aromatic rings. The standard InChI is InChI=1S/C10H13BrClNOS/c1-7(13)5-15(14)6-8-2-3-9(11)4-10(8)12/h2-4,7H,5-6,13H2,1H3. The lowest BCUT2D eigenvalue weighted by Gasteiger charge is -2.07. The molecule has 1 aromatic carbocycles. The molecule has 2 atom stereocenters. The summed E-state index contributed by atoms with van der Waals surface area (Å²) in [4.78, 5) is 0. The third-order valence-corrected chi connectivity index (χ3v) is 4.16. The second-order valence-corrected chi connectivity index (χ2v) is 6.29. The van der Waals surface area contributed by atoms with Crippen molar-refractivity contribution < 1.29 is 4.21 Å². The summed E-state index contributed by atoms with van der Waals surface area (Å²) < 4.78 is 12.5. The Balaban J connectivity index is 2.68. The van der Waals surface area contributed by atoms with Crippen LogP contribution in [0.3, 0.4) is 0 Å². The van der Waals surface area contributed by atoms with E-state index >= 15 is 0 Å². The molecule has 2 unspecified atom stereocenters. The molecule has 0 aliphatic rings. The Bertz CT molecular complexity index is 370. The predicted octanol–water partition coefficient (Wildman–Crippen LogP) is 2.70. The molecule has 0 saturated heterocycles. The number of hydrogen-bond donors (Lipinski definition) is 1. The molecule has 0 bridgehead atoms. The average molecular weight is 311 g/mol. The summed E-state index contributed by atoms with van der Waals surface area (Å²) in [6, 6.07) is 5.54. The van der Waals surface area contributed by atoms with Crippen LogP contribution in [0.4, 0.5) is 0 Å². The zero-order chi connectivity index (χ0) is 11.4. The zero-order valence-corrected chi connectivity index (χ0v) is 11.5. The molecule has 15 heavy (non-hydrogen) atoms. The highest BCUT2D eigenvalue weighted by Gasteiger charge is 2.07. The summed E-state index contributed by atoms with van der Waals surface area (Å²) in [5, 5.41) is 0.641. The van der Waals surface area contributed by atoms with Crippen LogP contribution >= 0.6 is 27.5 Å². The van der Waals surface area contributed by atoms with Gasteiger partial charge in [-0.05, 0) is 24.6 Å². The fourth-order valence-electron chi connectivity index (χ4n) is 1.16. The Morgan fingerprint density at radius 2 is 2.27 bits per heavy atom. The van der Waals surface area contributed by atoms with E-state index < -0.39 is 10.8 Å². The maximum Gasteiger partial charge on any atom is 0.0501 e. The topological polar surface area (TPSA) is 43.1 Å². The fraction of sp³-hybridized carbons (Fsp3) is 0.400. The molecule has 0 aliphatic heterocycles. The van der Waals surface area contributed by atoms with Gasteiger partial charge >= 0.3 is 0 Å². The fourth-order valence-corrected chi connectivity index (χ4v) is 3.29. The highest BCUT2D eigenvalue weighted by atomic mass is 79.9. The van der Waals surface area contributed by atoms with Crippen LogP contribution in [-0.2, 0) is 16.6 Å². The van der Waals surface area contributed by atoms with Gasteiger partial charge in [0.25, 0.3) is 0 Å². The van der Waals surface area contributed by atoms with Crippen LogP contribution in [0.25, 0.3) is 0 Å². The largest absolute Gasteiger partial charge is 0.327 e. The van der Waals surface area contributed by atoms with Gasteiger partial charge in [0.05, 0.1) is 5.75 Å². The van der Waals surface area contributed by atoms with Crippen LogP contribution in [0.5, 0.6) is 0 Å². The van der Waals surface area contributed by atoms with Crippen LogP contribution in [-0.4, -0.2) is 16.0 Å². The normalized spacial score (nSPS) is 14.9. The van der Waals surface area contributed by atoms with Gasteiger partial charge in [-0.25, -0.2) is 0 Å². The van der Waals surface area contributed by atoms with Crippen molar-refractivity contribution in [2.45, 2.75) is 18.7 Å². The first-order valence-electron chi connectivity index (χ1n) is 4.53. The third-order valence-electron chi connectivity index (χ3n) is 1.78. The molecule has 0 amide bonds. The highest BCUT2D eigenvalue weighted by molar-refractivity contribution is 9.10.